The largest absolute Gasteiger partial charge is 0.394 e. The van der Waals surface area contributed by atoms with Gasteiger partial charge in [-0.2, -0.15) is 0 Å². The number of nitrogens with zero attached hydrogens (tertiary/aromatic N) is 4. The number of amides is 1. The monoisotopic (exact) mass is 347 g/mol. The van der Waals surface area contributed by atoms with E-state index in [-0.39, 0.29) is 24.8 Å². The Labute approximate surface area is 147 Å². The number of aliphatic hydroxyl groups is 1. The summed E-state index contributed by atoms with van der Waals surface area (Å²) in [4.78, 5) is 24.5. The van der Waals surface area contributed by atoms with Gasteiger partial charge in [-0.1, -0.05) is 19.9 Å². The Morgan fingerprint density at radius 1 is 1.44 bits per heavy atom. The van der Waals surface area contributed by atoms with Crippen molar-refractivity contribution in [2.75, 3.05) is 11.9 Å². The van der Waals surface area contributed by atoms with Crippen molar-refractivity contribution in [3.63, 3.8) is 0 Å². The lowest BCUT2D eigenvalue weighted by Crippen LogP contribution is -2.14. The number of hydrogen-bond acceptors (Lipinski definition) is 6. The van der Waals surface area contributed by atoms with E-state index in [0.717, 1.165) is 12.8 Å². The van der Waals surface area contributed by atoms with Gasteiger partial charge in [0.15, 0.2) is 17.0 Å². The predicted molar refractivity (Wildman–Crippen MR) is 95.0 cm³/mol. The fourth-order valence-electron chi connectivity index (χ4n) is 2.61. The first-order valence-electron chi connectivity index (χ1n) is 8.57. The van der Waals surface area contributed by atoms with Crippen LogP contribution in [0.25, 0.3) is 11.2 Å². The van der Waals surface area contributed by atoms with Gasteiger partial charge in [0.05, 0.1) is 19.0 Å². The van der Waals surface area contributed by atoms with E-state index in [2.05, 4.69) is 26.8 Å². The number of fused-ring (bicyclic) bond motifs is 1. The summed E-state index contributed by atoms with van der Waals surface area (Å²) in [6, 6.07) is 0. The molecule has 2 aromatic rings. The van der Waals surface area contributed by atoms with Gasteiger partial charge in [-0.15, -0.1) is 6.58 Å². The zero-order valence-electron chi connectivity index (χ0n) is 14.7. The molecular weight excluding hydrogens is 322 g/mol. The molecule has 0 saturated carbocycles. The lowest BCUT2D eigenvalue weighted by molar-refractivity contribution is -0.116. The van der Waals surface area contributed by atoms with Gasteiger partial charge in [0.2, 0.25) is 5.91 Å². The summed E-state index contributed by atoms with van der Waals surface area (Å²) in [5.74, 6) is 0.247. The molecule has 2 aromatic heterocycles. The molecule has 2 unspecified atom stereocenters. The number of allylic oxidation sites excluding steroid dienone is 1. The van der Waals surface area contributed by atoms with E-state index in [1.807, 2.05) is 18.4 Å². The molecule has 1 saturated heterocycles. The molecule has 8 heteroatoms. The summed E-state index contributed by atoms with van der Waals surface area (Å²) >= 11 is 0. The smallest absolute Gasteiger partial charge is 0.225 e. The van der Waals surface area contributed by atoms with Crippen LogP contribution in [0, 0.1) is 0 Å². The Bertz CT molecular complexity index is 715. The van der Waals surface area contributed by atoms with E-state index in [1.54, 1.807) is 12.4 Å². The third-order valence-corrected chi connectivity index (χ3v) is 3.79. The van der Waals surface area contributed by atoms with Crippen LogP contribution < -0.4 is 5.32 Å². The van der Waals surface area contributed by atoms with Crippen LogP contribution in [0.15, 0.2) is 25.3 Å². The molecule has 1 fully saturated rings. The van der Waals surface area contributed by atoms with Crippen LogP contribution in [0.5, 0.6) is 0 Å². The molecule has 3 rings (SSSR count). The van der Waals surface area contributed by atoms with Crippen molar-refractivity contribution in [1.82, 2.24) is 19.5 Å². The number of anilines is 1. The number of aromatic nitrogens is 4. The summed E-state index contributed by atoms with van der Waals surface area (Å²) < 4.78 is 7.56. The van der Waals surface area contributed by atoms with Crippen molar-refractivity contribution in [3.05, 3.63) is 25.3 Å². The standard InChI is InChI=1S/C15H19N5O3.C2H6/c1-2-3-4-11(22)19-14-13-15(17-8-16-14)20(9-18-13)12-6-5-10(7-21)23-12;1-2/h2,8-10,12,21H,1,3-7H2,(H,16,17,19,22);1-2H3. The third-order valence-electron chi connectivity index (χ3n) is 3.79. The number of rotatable bonds is 6. The SMILES string of the molecule is C=CCCC(=O)Nc1ncnc2c1ncn2C1CCC(CO)O1.CC. The molecule has 0 spiro atoms. The molecule has 8 nitrogen and oxygen atoms in total. The second-order valence-corrected chi connectivity index (χ2v) is 5.39. The lowest BCUT2D eigenvalue weighted by atomic mass is 10.2. The highest BCUT2D eigenvalue weighted by Gasteiger charge is 2.27. The number of aliphatic hydroxyl groups excluding tert-OH is 1. The highest BCUT2D eigenvalue weighted by atomic mass is 16.5. The molecule has 0 aromatic carbocycles. The van der Waals surface area contributed by atoms with Crippen LogP contribution in [-0.4, -0.2) is 43.2 Å². The van der Waals surface area contributed by atoms with Gasteiger partial charge in [-0.05, 0) is 19.3 Å². The van der Waals surface area contributed by atoms with E-state index in [1.165, 1.54) is 6.33 Å². The van der Waals surface area contributed by atoms with Crippen molar-refractivity contribution < 1.29 is 14.6 Å². The summed E-state index contributed by atoms with van der Waals surface area (Å²) in [6.45, 7) is 7.60. The van der Waals surface area contributed by atoms with Crippen LogP contribution in [0.2, 0.25) is 0 Å². The highest BCUT2D eigenvalue weighted by Crippen LogP contribution is 2.31. The van der Waals surface area contributed by atoms with E-state index in [0.29, 0.717) is 29.8 Å². The van der Waals surface area contributed by atoms with E-state index >= 15 is 0 Å². The minimum atomic E-state index is -0.212. The predicted octanol–water partition coefficient (Wildman–Crippen LogP) is 2.43. The van der Waals surface area contributed by atoms with Crippen molar-refractivity contribution in [2.45, 2.75) is 51.9 Å². The quantitative estimate of drug-likeness (QED) is 0.778. The molecule has 0 radical (unpaired) electrons. The first-order chi connectivity index (χ1) is 12.2. The maximum atomic E-state index is 11.9. The summed E-state index contributed by atoms with van der Waals surface area (Å²) in [5.41, 5.74) is 1.12. The normalized spacial score (nSPS) is 19.3. The van der Waals surface area contributed by atoms with Gasteiger partial charge in [0.1, 0.15) is 12.6 Å². The van der Waals surface area contributed by atoms with Crippen LogP contribution in [0.1, 0.15) is 45.8 Å². The van der Waals surface area contributed by atoms with Gasteiger partial charge in [-0.25, -0.2) is 15.0 Å². The molecule has 3 heterocycles. The van der Waals surface area contributed by atoms with Crippen LogP contribution in [0.3, 0.4) is 0 Å². The maximum Gasteiger partial charge on any atom is 0.225 e. The van der Waals surface area contributed by atoms with E-state index in [9.17, 15) is 9.90 Å². The average molecular weight is 347 g/mol. The molecule has 25 heavy (non-hydrogen) atoms. The Morgan fingerprint density at radius 3 is 2.92 bits per heavy atom. The van der Waals surface area contributed by atoms with Crippen LogP contribution in [0.4, 0.5) is 5.82 Å². The zero-order valence-corrected chi connectivity index (χ0v) is 14.7. The molecular formula is C17H25N5O3. The maximum absolute atomic E-state index is 11.9. The van der Waals surface area contributed by atoms with Gasteiger partial charge >= 0.3 is 0 Å². The minimum Gasteiger partial charge on any atom is -0.394 e. The lowest BCUT2D eigenvalue weighted by Gasteiger charge is -2.13. The summed E-state index contributed by atoms with van der Waals surface area (Å²) in [5, 5.41) is 11.9. The number of hydrogen-bond donors (Lipinski definition) is 2. The molecule has 2 N–H and O–H groups in total. The number of carbonyl (C=O) groups excluding carboxylic acids is 1. The number of ether oxygens (including phenoxy) is 1. The van der Waals surface area contributed by atoms with Crippen molar-refractivity contribution in [2.24, 2.45) is 0 Å². The van der Waals surface area contributed by atoms with Gasteiger partial charge in [-0.3, -0.25) is 9.36 Å². The Balaban J connectivity index is 0.00000109. The van der Waals surface area contributed by atoms with Gasteiger partial charge in [0.25, 0.3) is 0 Å². The zero-order chi connectivity index (χ0) is 18.2. The topological polar surface area (TPSA) is 102 Å². The molecule has 0 bridgehead atoms. The van der Waals surface area contributed by atoms with Gasteiger partial charge < -0.3 is 15.2 Å². The number of nitrogens with one attached hydrogen (secondary N) is 1. The van der Waals surface area contributed by atoms with Crippen molar-refractivity contribution >= 4 is 22.9 Å². The van der Waals surface area contributed by atoms with Crippen molar-refractivity contribution in [3.8, 4) is 0 Å². The molecule has 136 valence electrons. The first kappa shape index (κ1) is 19.0. The number of imidazole rings is 1. The summed E-state index contributed by atoms with van der Waals surface area (Å²) in [6.07, 6.45) is 6.86. The molecule has 1 amide bonds. The molecule has 1 aliphatic rings. The van der Waals surface area contributed by atoms with Crippen LogP contribution >= 0.6 is 0 Å². The fourth-order valence-corrected chi connectivity index (χ4v) is 2.61. The van der Waals surface area contributed by atoms with Gasteiger partial charge in [0, 0.05) is 6.42 Å². The molecule has 1 aliphatic heterocycles. The molecule has 0 aliphatic carbocycles. The first-order valence-corrected chi connectivity index (χ1v) is 8.57. The molecule has 2 atom stereocenters. The van der Waals surface area contributed by atoms with E-state index < -0.39 is 0 Å². The van der Waals surface area contributed by atoms with E-state index in [4.69, 9.17) is 4.74 Å². The Hall–Kier alpha value is -2.32. The summed E-state index contributed by atoms with van der Waals surface area (Å²) in [7, 11) is 0. The second-order valence-electron chi connectivity index (χ2n) is 5.39. The second kappa shape index (κ2) is 9.24. The highest BCUT2D eigenvalue weighted by molar-refractivity contribution is 5.96. The van der Waals surface area contributed by atoms with Crippen LogP contribution in [-0.2, 0) is 9.53 Å². The average Bonchev–Trinajstić information content (AvgIpc) is 3.28. The Kier molecular flexibility index (Phi) is 7.03. The third kappa shape index (κ3) is 4.40. The minimum absolute atomic E-state index is 0.00270. The van der Waals surface area contributed by atoms with Crippen molar-refractivity contribution in [1.29, 1.82) is 0 Å². The Morgan fingerprint density at radius 2 is 2.24 bits per heavy atom. The fraction of sp³-hybridized carbons (Fsp3) is 0.529. The number of carbonyl (C=O) groups is 1.